The van der Waals surface area contributed by atoms with Crippen LogP contribution in [0.4, 0.5) is 5.82 Å². The molecule has 1 amide bonds. The molecule has 1 saturated heterocycles. The summed E-state index contributed by atoms with van der Waals surface area (Å²) in [5, 5.41) is 0. The lowest BCUT2D eigenvalue weighted by atomic mass is 9.97. The van der Waals surface area contributed by atoms with Crippen molar-refractivity contribution in [2.45, 2.75) is 53.4 Å². The first kappa shape index (κ1) is 21.3. The third-order valence-corrected chi connectivity index (χ3v) is 5.81. The Balaban J connectivity index is 1.67. The van der Waals surface area contributed by atoms with Gasteiger partial charge in [0.15, 0.2) is 5.82 Å². The summed E-state index contributed by atoms with van der Waals surface area (Å²) in [5.74, 6) is 2.23. The minimum Gasteiger partial charge on any atom is -0.353 e. The zero-order valence-corrected chi connectivity index (χ0v) is 18.3. The van der Waals surface area contributed by atoms with Gasteiger partial charge < -0.3 is 9.80 Å². The third-order valence-electron chi connectivity index (χ3n) is 5.81. The molecule has 29 heavy (non-hydrogen) atoms. The Morgan fingerprint density at radius 3 is 2.34 bits per heavy atom. The molecule has 0 spiro atoms. The Morgan fingerprint density at radius 2 is 1.72 bits per heavy atom. The summed E-state index contributed by atoms with van der Waals surface area (Å²) in [6.07, 6.45) is 4.22. The molecule has 0 N–H and O–H groups in total. The number of unbranched alkanes of at least 4 members (excludes halogenated alkanes) is 1. The monoisotopic (exact) mass is 394 g/mol. The van der Waals surface area contributed by atoms with Crippen LogP contribution < -0.4 is 4.90 Å². The number of hydrogen-bond acceptors (Lipinski definition) is 4. The molecule has 1 aliphatic heterocycles. The highest BCUT2D eigenvalue weighted by atomic mass is 16.2. The molecule has 0 aliphatic carbocycles. The van der Waals surface area contributed by atoms with Crippen LogP contribution in [0.2, 0.25) is 0 Å². The first-order chi connectivity index (χ1) is 14.0. The number of anilines is 1. The van der Waals surface area contributed by atoms with Crippen molar-refractivity contribution in [1.82, 2.24) is 14.9 Å². The van der Waals surface area contributed by atoms with Crippen molar-refractivity contribution in [3.63, 3.8) is 0 Å². The van der Waals surface area contributed by atoms with E-state index < -0.39 is 0 Å². The molecule has 0 bridgehead atoms. The van der Waals surface area contributed by atoms with Gasteiger partial charge >= 0.3 is 0 Å². The molecule has 2 aromatic rings. The second kappa shape index (κ2) is 9.86. The molecule has 0 radical (unpaired) electrons. The van der Waals surface area contributed by atoms with E-state index in [1.54, 1.807) is 0 Å². The summed E-state index contributed by atoms with van der Waals surface area (Å²) in [6, 6.07) is 10.4. The number of rotatable bonds is 7. The van der Waals surface area contributed by atoms with Crippen molar-refractivity contribution < 1.29 is 4.79 Å². The first-order valence-corrected chi connectivity index (χ1v) is 11.0. The third kappa shape index (κ3) is 5.34. The van der Waals surface area contributed by atoms with Crippen LogP contribution in [-0.2, 0) is 4.79 Å². The number of piperazine rings is 1. The zero-order valence-electron chi connectivity index (χ0n) is 18.3. The Bertz CT molecular complexity index is 810. The first-order valence-electron chi connectivity index (χ1n) is 11.0. The van der Waals surface area contributed by atoms with Crippen LogP contribution in [0.15, 0.2) is 30.3 Å². The highest BCUT2D eigenvalue weighted by Gasteiger charge is 2.26. The summed E-state index contributed by atoms with van der Waals surface area (Å²) in [6.45, 7) is 11.6. The van der Waals surface area contributed by atoms with Crippen LogP contribution in [0.3, 0.4) is 0 Å². The van der Waals surface area contributed by atoms with Gasteiger partial charge in [0.2, 0.25) is 5.91 Å². The molecule has 1 aliphatic rings. The van der Waals surface area contributed by atoms with Crippen molar-refractivity contribution >= 4 is 11.7 Å². The number of amides is 1. The number of hydrogen-bond donors (Lipinski definition) is 0. The van der Waals surface area contributed by atoms with E-state index >= 15 is 0 Å². The van der Waals surface area contributed by atoms with Crippen molar-refractivity contribution in [2.24, 2.45) is 5.92 Å². The fourth-order valence-corrected chi connectivity index (χ4v) is 3.91. The number of carbonyl (C=O) groups is 1. The van der Waals surface area contributed by atoms with E-state index in [-0.39, 0.29) is 5.92 Å². The Kier molecular flexibility index (Phi) is 7.24. The molecule has 1 fully saturated rings. The molecular formula is C24H34N4O. The lowest BCUT2D eigenvalue weighted by Crippen LogP contribution is -2.50. The van der Waals surface area contributed by atoms with Crippen LogP contribution in [0, 0.1) is 19.8 Å². The van der Waals surface area contributed by atoms with E-state index in [9.17, 15) is 4.79 Å². The molecule has 5 heteroatoms. The van der Waals surface area contributed by atoms with Crippen molar-refractivity contribution in [2.75, 3.05) is 31.1 Å². The van der Waals surface area contributed by atoms with Gasteiger partial charge in [0.1, 0.15) is 5.82 Å². The molecular weight excluding hydrogens is 360 g/mol. The van der Waals surface area contributed by atoms with Gasteiger partial charge in [-0.2, -0.15) is 0 Å². The minimum absolute atomic E-state index is 0.177. The summed E-state index contributed by atoms with van der Waals surface area (Å²) < 4.78 is 0. The van der Waals surface area contributed by atoms with Crippen LogP contribution >= 0.6 is 0 Å². The number of aryl methyl sites for hydroxylation is 2. The number of benzene rings is 1. The summed E-state index contributed by atoms with van der Waals surface area (Å²) in [7, 11) is 0. The van der Waals surface area contributed by atoms with Gasteiger partial charge in [-0.25, -0.2) is 9.97 Å². The molecule has 2 heterocycles. The van der Waals surface area contributed by atoms with Crippen molar-refractivity contribution in [1.29, 1.82) is 0 Å². The molecule has 156 valence electrons. The van der Waals surface area contributed by atoms with E-state index in [1.165, 1.54) is 5.56 Å². The lowest BCUT2D eigenvalue weighted by molar-refractivity contribution is -0.136. The number of carbonyl (C=O) groups excluding carboxylic acids is 1. The van der Waals surface area contributed by atoms with E-state index in [0.717, 1.165) is 74.8 Å². The Morgan fingerprint density at radius 1 is 1.03 bits per heavy atom. The van der Waals surface area contributed by atoms with E-state index in [2.05, 4.69) is 59.8 Å². The van der Waals surface area contributed by atoms with Gasteiger partial charge in [0.25, 0.3) is 0 Å². The fourth-order valence-electron chi connectivity index (χ4n) is 3.91. The second-order valence-electron chi connectivity index (χ2n) is 8.12. The highest BCUT2D eigenvalue weighted by Crippen LogP contribution is 2.23. The maximum absolute atomic E-state index is 12.9. The normalized spacial score (nSPS) is 15.4. The Hall–Kier alpha value is -2.43. The van der Waals surface area contributed by atoms with E-state index in [4.69, 9.17) is 4.98 Å². The summed E-state index contributed by atoms with van der Waals surface area (Å²) in [5.41, 5.74) is 3.23. The predicted octanol–water partition coefficient (Wildman–Crippen LogP) is 4.63. The molecule has 1 unspecified atom stereocenters. The lowest BCUT2D eigenvalue weighted by Gasteiger charge is -2.37. The van der Waals surface area contributed by atoms with Crippen LogP contribution in [-0.4, -0.2) is 47.0 Å². The SMILES string of the molecule is CCCCC(CC)C(=O)N1CCN(c2cc(C)nc(-c3ccc(C)cc3)n2)CC1. The van der Waals surface area contributed by atoms with Gasteiger partial charge in [-0.05, 0) is 26.7 Å². The predicted molar refractivity (Wildman–Crippen MR) is 119 cm³/mol. The molecule has 1 atom stereocenters. The van der Waals surface area contributed by atoms with E-state index in [0.29, 0.717) is 5.91 Å². The smallest absolute Gasteiger partial charge is 0.225 e. The maximum atomic E-state index is 12.9. The fraction of sp³-hybridized carbons (Fsp3) is 0.542. The van der Waals surface area contributed by atoms with Gasteiger partial charge in [-0.3, -0.25) is 4.79 Å². The summed E-state index contributed by atoms with van der Waals surface area (Å²) >= 11 is 0. The average Bonchev–Trinajstić information content (AvgIpc) is 2.74. The minimum atomic E-state index is 0.177. The molecule has 0 saturated carbocycles. The van der Waals surface area contributed by atoms with Crippen molar-refractivity contribution in [3.8, 4) is 11.4 Å². The second-order valence-corrected chi connectivity index (χ2v) is 8.12. The zero-order chi connectivity index (χ0) is 20.8. The summed E-state index contributed by atoms with van der Waals surface area (Å²) in [4.78, 5) is 26.7. The van der Waals surface area contributed by atoms with Crippen molar-refractivity contribution in [3.05, 3.63) is 41.6 Å². The molecule has 5 nitrogen and oxygen atoms in total. The quantitative estimate of drug-likeness (QED) is 0.687. The Labute approximate surface area is 175 Å². The van der Waals surface area contributed by atoms with Crippen LogP contribution in [0.5, 0.6) is 0 Å². The molecule has 1 aromatic heterocycles. The standard InChI is InChI=1S/C24H34N4O/c1-5-7-8-20(6-2)24(29)28-15-13-27(14-16-28)22-17-19(4)25-23(26-22)21-11-9-18(3)10-12-21/h9-12,17,20H,5-8,13-16H2,1-4H3. The van der Waals surface area contributed by atoms with Crippen LogP contribution in [0.25, 0.3) is 11.4 Å². The van der Waals surface area contributed by atoms with Gasteiger partial charge in [-0.1, -0.05) is 56.5 Å². The molecule has 1 aromatic carbocycles. The number of aromatic nitrogens is 2. The van der Waals surface area contributed by atoms with Crippen LogP contribution in [0.1, 0.15) is 50.8 Å². The van der Waals surface area contributed by atoms with E-state index in [1.807, 2.05) is 13.0 Å². The highest BCUT2D eigenvalue weighted by molar-refractivity contribution is 5.79. The maximum Gasteiger partial charge on any atom is 0.225 e. The average molecular weight is 395 g/mol. The largest absolute Gasteiger partial charge is 0.353 e. The number of nitrogens with zero attached hydrogens (tertiary/aromatic N) is 4. The van der Waals surface area contributed by atoms with Gasteiger partial charge in [-0.15, -0.1) is 0 Å². The van der Waals surface area contributed by atoms with Gasteiger partial charge in [0, 0.05) is 49.4 Å². The topological polar surface area (TPSA) is 49.3 Å². The molecule has 3 rings (SSSR count). The van der Waals surface area contributed by atoms with Gasteiger partial charge in [0.05, 0.1) is 0 Å².